The lowest BCUT2D eigenvalue weighted by Gasteiger charge is -2.50. The van der Waals surface area contributed by atoms with Gasteiger partial charge >= 0.3 is 0 Å². The number of piperazine rings is 1. The van der Waals surface area contributed by atoms with E-state index in [0.717, 1.165) is 44.5 Å². The number of amides is 1. The van der Waals surface area contributed by atoms with Crippen molar-refractivity contribution in [3.05, 3.63) is 47.4 Å². The highest BCUT2D eigenvalue weighted by molar-refractivity contribution is 6.37. The number of nitrogens with two attached hydrogens (primary N) is 1. The number of rotatable bonds is 6. The molecule has 1 aromatic carbocycles. The molecule has 8 nitrogen and oxygen atoms in total. The Bertz CT molecular complexity index is 1230. The van der Waals surface area contributed by atoms with Crippen molar-refractivity contribution in [2.45, 2.75) is 57.5 Å². The minimum atomic E-state index is -0.116. The number of aromatic nitrogens is 3. The van der Waals surface area contributed by atoms with Crippen LogP contribution in [-0.2, 0) is 0 Å². The smallest absolute Gasteiger partial charge is 0.253 e. The Balaban J connectivity index is 1.41. The Labute approximate surface area is 217 Å². The van der Waals surface area contributed by atoms with Crippen LogP contribution in [0.4, 0.5) is 5.82 Å². The summed E-state index contributed by atoms with van der Waals surface area (Å²) < 4.78 is 1.83. The Morgan fingerprint density at radius 3 is 2.58 bits per heavy atom. The summed E-state index contributed by atoms with van der Waals surface area (Å²) >= 11 is 6.61. The fraction of sp³-hybridized carbons (Fsp3) is 0.519. The molecule has 2 fully saturated rings. The Kier molecular flexibility index (Phi) is 7.19. The SMILES string of the molecule is CC(C)N1CCN(C2(CNC(=O)c3cn(-c4cncc(N)n4)c4cccc(Cl)c34)CCCCC2)CC1. The van der Waals surface area contributed by atoms with E-state index in [9.17, 15) is 4.79 Å². The van der Waals surface area contributed by atoms with Gasteiger partial charge in [0.15, 0.2) is 5.82 Å². The van der Waals surface area contributed by atoms with Gasteiger partial charge in [0.1, 0.15) is 5.82 Å². The zero-order chi connectivity index (χ0) is 25.3. The van der Waals surface area contributed by atoms with Gasteiger partial charge in [0.2, 0.25) is 0 Å². The predicted molar refractivity (Wildman–Crippen MR) is 145 cm³/mol. The molecule has 192 valence electrons. The highest BCUT2D eigenvalue weighted by Crippen LogP contribution is 2.35. The average molecular weight is 510 g/mol. The first kappa shape index (κ1) is 25.0. The molecule has 2 aromatic heterocycles. The van der Waals surface area contributed by atoms with E-state index in [1.54, 1.807) is 12.4 Å². The number of anilines is 1. The van der Waals surface area contributed by atoms with Gasteiger partial charge in [-0.2, -0.15) is 0 Å². The summed E-state index contributed by atoms with van der Waals surface area (Å²) in [6.07, 6.45) is 10.9. The number of hydrogen-bond donors (Lipinski definition) is 2. The van der Waals surface area contributed by atoms with Gasteiger partial charge in [0.25, 0.3) is 5.91 Å². The molecular formula is C27H36ClN7O. The van der Waals surface area contributed by atoms with Crippen molar-refractivity contribution >= 4 is 34.2 Å². The van der Waals surface area contributed by atoms with Crippen molar-refractivity contribution < 1.29 is 4.79 Å². The van der Waals surface area contributed by atoms with Gasteiger partial charge in [-0.3, -0.25) is 24.1 Å². The molecule has 9 heteroatoms. The van der Waals surface area contributed by atoms with Crippen molar-refractivity contribution in [1.29, 1.82) is 0 Å². The zero-order valence-corrected chi connectivity index (χ0v) is 22.0. The van der Waals surface area contributed by atoms with E-state index in [0.29, 0.717) is 40.2 Å². The quantitative estimate of drug-likeness (QED) is 0.519. The Morgan fingerprint density at radius 2 is 1.89 bits per heavy atom. The number of carbonyl (C=O) groups is 1. The molecule has 1 aliphatic heterocycles. The average Bonchev–Trinajstić information content (AvgIpc) is 3.29. The van der Waals surface area contributed by atoms with Gasteiger partial charge in [0, 0.05) is 55.9 Å². The van der Waals surface area contributed by atoms with Crippen molar-refractivity contribution in [2.75, 3.05) is 38.5 Å². The lowest BCUT2D eigenvalue weighted by molar-refractivity contribution is 0.000839. The summed E-state index contributed by atoms with van der Waals surface area (Å²) in [5.41, 5.74) is 7.22. The van der Waals surface area contributed by atoms with Crippen molar-refractivity contribution in [1.82, 2.24) is 29.7 Å². The van der Waals surface area contributed by atoms with E-state index >= 15 is 0 Å². The normalized spacial score (nSPS) is 19.1. The van der Waals surface area contributed by atoms with Gasteiger partial charge < -0.3 is 11.1 Å². The van der Waals surface area contributed by atoms with E-state index in [4.69, 9.17) is 17.3 Å². The highest BCUT2D eigenvalue weighted by atomic mass is 35.5. The maximum absolute atomic E-state index is 13.7. The van der Waals surface area contributed by atoms with Crippen LogP contribution < -0.4 is 11.1 Å². The van der Waals surface area contributed by atoms with Crippen LogP contribution in [0.15, 0.2) is 36.8 Å². The predicted octanol–water partition coefficient (Wildman–Crippen LogP) is 4.11. The summed E-state index contributed by atoms with van der Waals surface area (Å²) in [6.45, 7) is 9.44. The molecule has 0 spiro atoms. The number of hydrogen-bond acceptors (Lipinski definition) is 6. The highest BCUT2D eigenvalue weighted by Gasteiger charge is 2.40. The fourth-order valence-electron chi connectivity index (χ4n) is 5.96. The van der Waals surface area contributed by atoms with E-state index in [-0.39, 0.29) is 11.4 Å². The second kappa shape index (κ2) is 10.4. The first-order chi connectivity index (χ1) is 17.4. The third kappa shape index (κ3) is 4.82. The second-order valence-corrected chi connectivity index (χ2v) is 10.8. The molecule has 1 saturated heterocycles. The molecule has 36 heavy (non-hydrogen) atoms. The number of benzene rings is 1. The lowest BCUT2D eigenvalue weighted by atomic mass is 9.79. The Hall–Kier alpha value is -2.68. The monoisotopic (exact) mass is 509 g/mol. The summed E-state index contributed by atoms with van der Waals surface area (Å²) in [7, 11) is 0. The van der Waals surface area contributed by atoms with Crippen LogP contribution in [0, 0.1) is 0 Å². The van der Waals surface area contributed by atoms with E-state index in [1.165, 1.54) is 25.5 Å². The van der Waals surface area contributed by atoms with Crippen molar-refractivity contribution in [3.63, 3.8) is 0 Å². The number of nitrogen functional groups attached to an aromatic ring is 1. The second-order valence-electron chi connectivity index (χ2n) is 10.4. The first-order valence-corrected chi connectivity index (χ1v) is 13.4. The molecule has 1 amide bonds. The van der Waals surface area contributed by atoms with Gasteiger partial charge in [-0.25, -0.2) is 4.98 Å². The molecule has 0 atom stereocenters. The van der Waals surface area contributed by atoms with Crippen LogP contribution in [0.2, 0.25) is 5.02 Å². The zero-order valence-electron chi connectivity index (χ0n) is 21.2. The van der Waals surface area contributed by atoms with Gasteiger partial charge in [-0.15, -0.1) is 0 Å². The molecule has 1 aliphatic carbocycles. The minimum Gasteiger partial charge on any atom is -0.382 e. The van der Waals surface area contributed by atoms with Gasteiger partial charge in [0.05, 0.1) is 28.5 Å². The van der Waals surface area contributed by atoms with Crippen LogP contribution in [0.25, 0.3) is 16.7 Å². The summed E-state index contributed by atoms with van der Waals surface area (Å²) in [6, 6.07) is 6.18. The van der Waals surface area contributed by atoms with Gasteiger partial charge in [-0.1, -0.05) is 36.9 Å². The molecule has 3 aromatic rings. The van der Waals surface area contributed by atoms with E-state index < -0.39 is 0 Å². The first-order valence-electron chi connectivity index (χ1n) is 13.0. The molecule has 3 N–H and O–H groups in total. The maximum Gasteiger partial charge on any atom is 0.253 e. The summed E-state index contributed by atoms with van der Waals surface area (Å²) in [4.78, 5) is 27.4. The van der Waals surface area contributed by atoms with Crippen LogP contribution in [0.1, 0.15) is 56.3 Å². The molecule has 2 aliphatic rings. The van der Waals surface area contributed by atoms with E-state index in [1.807, 2.05) is 22.8 Å². The molecule has 0 bridgehead atoms. The Morgan fingerprint density at radius 1 is 1.14 bits per heavy atom. The molecular weight excluding hydrogens is 474 g/mol. The van der Waals surface area contributed by atoms with Crippen LogP contribution >= 0.6 is 11.6 Å². The molecule has 5 rings (SSSR count). The van der Waals surface area contributed by atoms with Crippen LogP contribution in [-0.4, -0.2) is 74.5 Å². The van der Waals surface area contributed by atoms with E-state index in [2.05, 4.69) is 38.9 Å². The summed E-state index contributed by atoms with van der Waals surface area (Å²) in [5.74, 6) is 0.752. The van der Waals surface area contributed by atoms with Gasteiger partial charge in [-0.05, 0) is 38.8 Å². The molecule has 0 radical (unpaired) electrons. The largest absolute Gasteiger partial charge is 0.382 e. The molecule has 1 saturated carbocycles. The standard InChI is InChI=1S/C27H36ClN7O/c1-19(2)33-11-13-34(14-12-33)27(9-4-3-5-10-27)18-31-26(36)20-17-35(24-16-30-15-23(29)32-24)22-8-6-7-21(28)25(20)22/h6-8,15-17,19H,3-5,9-14,18H2,1-2H3,(H2,29,32)(H,31,36). The van der Waals surface area contributed by atoms with Crippen LogP contribution in [0.5, 0.6) is 0 Å². The maximum atomic E-state index is 13.7. The molecule has 0 unspecified atom stereocenters. The topological polar surface area (TPSA) is 92.3 Å². The molecule has 3 heterocycles. The fourth-order valence-corrected chi connectivity index (χ4v) is 6.23. The third-order valence-electron chi connectivity index (χ3n) is 7.99. The van der Waals surface area contributed by atoms with Crippen molar-refractivity contribution in [3.8, 4) is 5.82 Å². The third-order valence-corrected chi connectivity index (χ3v) is 8.30. The summed E-state index contributed by atoms with van der Waals surface area (Å²) in [5, 5.41) is 4.55. The van der Waals surface area contributed by atoms with Crippen LogP contribution in [0.3, 0.4) is 0 Å². The number of carbonyl (C=O) groups excluding carboxylic acids is 1. The number of nitrogens with zero attached hydrogens (tertiary/aromatic N) is 5. The number of fused-ring (bicyclic) bond motifs is 1. The lowest BCUT2D eigenvalue weighted by Crippen LogP contribution is -2.62. The number of nitrogens with one attached hydrogen (secondary N) is 1. The van der Waals surface area contributed by atoms with Crippen molar-refractivity contribution in [2.24, 2.45) is 0 Å². The number of halogens is 1. The minimum absolute atomic E-state index is 0.0124.